The van der Waals surface area contributed by atoms with Crippen molar-refractivity contribution in [3.05, 3.63) is 23.5 Å². The summed E-state index contributed by atoms with van der Waals surface area (Å²) in [5.41, 5.74) is 0.224. The zero-order valence-corrected chi connectivity index (χ0v) is 17.1. The number of benzene rings is 1. The van der Waals surface area contributed by atoms with Gasteiger partial charge in [0.05, 0.1) is 23.7 Å². The van der Waals surface area contributed by atoms with E-state index in [0.717, 1.165) is 6.07 Å². The molecule has 1 fully saturated rings. The topological polar surface area (TPSA) is 131 Å². The molecule has 2 heterocycles. The molecule has 1 aromatic rings. The number of nitrogens with one attached hydrogen (secondary N) is 3. The zero-order valence-electron chi connectivity index (χ0n) is 16.3. The lowest BCUT2D eigenvalue weighted by Gasteiger charge is -2.35. The Kier molecular flexibility index (Phi) is 5.96. The van der Waals surface area contributed by atoms with E-state index in [1.165, 1.54) is 13.0 Å². The summed E-state index contributed by atoms with van der Waals surface area (Å²) in [5, 5.41) is 16.5. The van der Waals surface area contributed by atoms with Crippen LogP contribution in [-0.4, -0.2) is 56.0 Å². The highest BCUT2D eigenvalue weighted by atomic mass is 32.2. The fourth-order valence-electron chi connectivity index (χ4n) is 3.65. The minimum Gasteiger partial charge on any atom is -0.350 e. The van der Waals surface area contributed by atoms with Gasteiger partial charge in [0.1, 0.15) is 23.4 Å². The molecule has 2 aliphatic rings. The first-order valence-corrected chi connectivity index (χ1v) is 10.7. The van der Waals surface area contributed by atoms with E-state index in [4.69, 9.17) is 5.26 Å². The van der Waals surface area contributed by atoms with Gasteiger partial charge in [-0.05, 0) is 38.0 Å². The molecule has 0 spiro atoms. The summed E-state index contributed by atoms with van der Waals surface area (Å²) >= 11 is 0. The van der Waals surface area contributed by atoms with Crippen LogP contribution in [0, 0.1) is 30.0 Å². The number of sulfonamides is 1. The molecule has 0 saturated carbocycles. The van der Waals surface area contributed by atoms with Crippen LogP contribution < -0.4 is 16.0 Å². The number of carbonyl (C=O) groups excluding carboxylic acids is 2. The van der Waals surface area contributed by atoms with Crippen LogP contribution in [0.4, 0.5) is 19.3 Å². The highest BCUT2D eigenvalue weighted by Gasteiger charge is 2.41. The lowest BCUT2D eigenvalue weighted by atomic mass is 9.90. The summed E-state index contributed by atoms with van der Waals surface area (Å²) in [6, 6.07) is 1.71. The van der Waals surface area contributed by atoms with Gasteiger partial charge < -0.3 is 16.0 Å². The van der Waals surface area contributed by atoms with Crippen LogP contribution in [0.1, 0.15) is 18.9 Å². The van der Waals surface area contributed by atoms with Crippen molar-refractivity contribution in [3.63, 3.8) is 0 Å². The molecule has 0 aromatic heterocycles. The molecule has 1 saturated heterocycles. The molecule has 0 aliphatic carbocycles. The van der Waals surface area contributed by atoms with Gasteiger partial charge in [-0.2, -0.15) is 5.26 Å². The van der Waals surface area contributed by atoms with Gasteiger partial charge in [-0.25, -0.2) is 26.3 Å². The largest absolute Gasteiger partial charge is 0.350 e. The number of amides is 3. The van der Waals surface area contributed by atoms with E-state index in [0.29, 0.717) is 5.56 Å². The molecular weight excluding hydrogens is 420 g/mol. The Morgan fingerprint density at radius 2 is 2.17 bits per heavy atom. The van der Waals surface area contributed by atoms with Gasteiger partial charge in [0.2, 0.25) is 5.91 Å². The van der Waals surface area contributed by atoms with Gasteiger partial charge >= 0.3 is 6.03 Å². The molecule has 0 bridgehead atoms. The molecule has 1 aromatic carbocycles. The summed E-state index contributed by atoms with van der Waals surface area (Å²) in [6.07, 6.45) is -1.36. The van der Waals surface area contributed by atoms with Crippen molar-refractivity contribution in [1.29, 1.82) is 5.26 Å². The summed E-state index contributed by atoms with van der Waals surface area (Å²) in [4.78, 5) is 23.9. The summed E-state index contributed by atoms with van der Waals surface area (Å²) in [7, 11) is -4.60. The Hall–Kier alpha value is -2.78. The van der Waals surface area contributed by atoms with Crippen molar-refractivity contribution >= 4 is 27.6 Å². The van der Waals surface area contributed by atoms with E-state index in [9.17, 15) is 26.8 Å². The monoisotopic (exact) mass is 441 g/mol. The normalized spacial score (nSPS) is 26.2. The molecule has 162 valence electrons. The first-order chi connectivity index (χ1) is 14.0. The minimum atomic E-state index is -4.60. The highest BCUT2D eigenvalue weighted by Crippen LogP contribution is 2.33. The van der Waals surface area contributed by atoms with Crippen molar-refractivity contribution in [2.75, 3.05) is 18.4 Å². The smallest absolute Gasteiger partial charge is 0.336 e. The number of carbonyl (C=O) groups is 2. The third-order valence-electron chi connectivity index (χ3n) is 5.10. The zero-order chi connectivity index (χ0) is 22.2. The average molecular weight is 441 g/mol. The molecule has 9 nitrogen and oxygen atoms in total. The van der Waals surface area contributed by atoms with E-state index >= 15 is 0 Å². The second-order valence-corrected chi connectivity index (χ2v) is 9.23. The fraction of sp³-hybridized carbons (Fsp3) is 0.500. The van der Waals surface area contributed by atoms with Crippen molar-refractivity contribution in [2.45, 2.75) is 43.4 Å². The Balaban J connectivity index is 1.72. The standard InChI is InChI=1S/C18H21F2N5O4S/c1-9-3-13(20)17-14(4-9)24-18(27)25(30(17,28)29)8-15(26)23-10(2)16-12(19)5-11(6-21)7-22-16/h3-4,10-12,16,22H,5,7-8H2,1-2H3,(H,23,26)(H,24,27)/t10-,11?,12?,16?/m0/s1. The lowest BCUT2D eigenvalue weighted by Crippen LogP contribution is -2.58. The number of rotatable bonds is 4. The molecule has 3 rings (SSSR count). The predicted molar refractivity (Wildman–Crippen MR) is 102 cm³/mol. The Labute approximate surface area is 172 Å². The van der Waals surface area contributed by atoms with Gasteiger partial charge in [-0.3, -0.25) is 4.79 Å². The maximum absolute atomic E-state index is 14.3. The molecule has 30 heavy (non-hydrogen) atoms. The number of hydrogen-bond donors (Lipinski definition) is 3. The van der Waals surface area contributed by atoms with Crippen LogP contribution >= 0.6 is 0 Å². The van der Waals surface area contributed by atoms with Crippen LogP contribution in [-0.2, 0) is 14.8 Å². The third kappa shape index (κ3) is 4.08. The SMILES string of the molecule is Cc1cc(F)c2c(c1)NC(=O)N(CC(=O)N[C@@H](C)C1NCC(C#N)CC1F)S2(=O)=O. The summed E-state index contributed by atoms with van der Waals surface area (Å²) in [6.45, 7) is 2.44. The lowest BCUT2D eigenvalue weighted by molar-refractivity contribution is -0.121. The highest BCUT2D eigenvalue weighted by molar-refractivity contribution is 7.90. The quantitative estimate of drug-likeness (QED) is 0.639. The number of halogens is 2. The number of nitriles is 1. The van der Waals surface area contributed by atoms with E-state index in [1.807, 2.05) is 6.07 Å². The van der Waals surface area contributed by atoms with Gasteiger partial charge in [0, 0.05) is 12.6 Å². The van der Waals surface area contributed by atoms with E-state index in [2.05, 4.69) is 16.0 Å². The molecule has 0 radical (unpaired) electrons. The first kappa shape index (κ1) is 21.9. The molecule has 3 amide bonds. The number of anilines is 1. The Morgan fingerprint density at radius 3 is 2.80 bits per heavy atom. The number of hydrogen-bond acceptors (Lipinski definition) is 6. The number of fused-ring (bicyclic) bond motifs is 1. The van der Waals surface area contributed by atoms with Gasteiger partial charge in [-0.1, -0.05) is 0 Å². The molecule has 4 atom stereocenters. The molecular formula is C18H21F2N5O4S. The van der Waals surface area contributed by atoms with Gasteiger partial charge in [0.25, 0.3) is 10.0 Å². The Morgan fingerprint density at radius 1 is 1.47 bits per heavy atom. The van der Waals surface area contributed by atoms with Crippen LogP contribution in [0.15, 0.2) is 17.0 Å². The fourth-order valence-corrected chi connectivity index (χ4v) is 5.12. The number of alkyl halides is 1. The number of aryl methyl sites for hydroxylation is 1. The van der Waals surface area contributed by atoms with Crippen molar-refractivity contribution in [2.24, 2.45) is 5.92 Å². The molecule has 12 heteroatoms. The van der Waals surface area contributed by atoms with E-state index < -0.39 is 63.4 Å². The predicted octanol–water partition coefficient (Wildman–Crippen LogP) is 1.01. The second kappa shape index (κ2) is 8.16. The number of piperidine rings is 1. The second-order valence-electron chi connectivity index (χ2n) is 7.43. The van der Waals surface area contributed by atoms with Crippen molar-refractivity contribution in [1.82, 2.24) is 14.9 Å². The van der Waals surface area contributed by atoms with Crippen LogP contribution in [0.2, 0.25) is 0 Å². The summed E-state index contributed by atoms with van der Waals surface area (Å²) < 4.78 is 54.3. The maximum Gasteiger partial charge on any atom is 0.336 e. The Bertz CT molecular complexity index is 1030. The van der Waals surface area contributed by atoms with Crippen LogP contribution in [0.25, 0.3) is 0 Å². The van der Waals surface area contributed by atoms with Crippen LogP contribution in [0.5, 0.6) is 0 Å². The number of urea groups is 1. The molecule has 3 N–H and O–H groups in total. The van der Waals surface area contributed by atoms with E-state index in [-0.39, 0.29) is 23.0 Å². The summed E-state index contributed by atoms with van der Waals surface area (Å²) in [5.74, 6) is -2.36. The van der Waals surface area contributed by atoms with Gasteiger partial charge in [0.15, 0.2) is 0 Å². The minimum absolute atomic E-state index is 0.0206. The van der Waals surface area contributed by atoms with Crippen molar-refractivity contribution in [3.8, 4) is 6.07 Å². The van der Waals surface area contributed by atoms with Crippen LogP contribution in [0.3, 0.4) is 0 Å². The molecule has 3 unspecified atom stereocenters. The molecule has 2 aliphatic heterocycles. The third-order valence-corrected chi connectivity index (χ3v) is 6.91. The first-order valence-electron chi connectivity index (χ1n) is 9.25. The van der Waals surface area contributed by atoms with Crippen molar-refractivity contribution < 1.29 is 26.8 Å². The number of nitrogens with zero attached hydrogens (tertiary/aromatic N) is 2. The van der Waals surface area contributed by atoms with Gasteiger partial charge in [-0.15, -0.1) is 0 Å². The maximum atomic E-state index is 14.3. The van der Waals surface area contributed by atoms with E-state index in [1.54, 1.807) is 6.92 Å². The average Bonchev–Trinajstić information content (AvgIpc) is 2.63.